The molecule has 0 unspecified atom stereocenters. The minimum absolute atomic E-state index is 0.185. The molecule has 1 amide bonds. The number of amides is 1. The van der Waals surface area contributed by atoms with Crippen molar-refractivity contribution in [1.82, 2.24) is 21.5 Å². The Hall–Kier alpha value is -3.02. The normalized spacial score (nSPS) is 13.6. The topological polar surface area (TPSA) is 151 Å². The van der Waals surface area contributed by atoms with E-state index in [0.717, 1.165) is 0 Å². The number of hydrogen-bond donors (Lipinski definition) is 5. The van der Waals surface area contributed by atoms with Crippen molar-refractivity contribution in [2.24, 2.45) is 10.2 Å². The number of hydrazine groups is 2. The molecule has 1 aliphatic rings. The summed E-state index contributed by atoms with van der Waals surface area (Å²) < 4.78 is 23.8. The highest BCUT2D eigenvalue weighted by atomic mass is 32.2. The number of aromatic nitrogens is 1. The van der Waals surface area contributed by atoms with Crippen molar-refractivity contribution in [3.05, 3.63) is 42.1 Å². The molecule has 0 aliphatic carbocycles. The zero-order chi connectivity index (χ0) is 18.0. The third-order valence-corrected chi connectivity index (χ3v) is 4.19. The van der Waals surface area contributed by atoms with Crippen LogP contribution in [0.15, 0.2) is 46.7 Å². The number of pyridine rings is 1. The van der Waals surface area contributed by atoms with Crippen LogP contribution in [0.25, 0.3) is 11.1 Å². The van der Waals surface area contributed by atoms with Crippen LogP contribution in [-0.4, -0.2) is 25.1 Å². The molecule has 0 radical (unpaired) electrons. The number of carbonyl (C=O) groups excluding carboxylic acids is 1. The second-order valence-corrected chi connectivity index (χ2v) is 6.64. The van der Waals surface area contributed by atoms with E-state index >= 15 is 0 Å². The van der Waals surface area contributed by atoms with Gasteiger partial charge in [0.2, 0.25) is 5.91 Å². The number of primary sulfonamides is 1. The summed E-state index contributed by atoms with van der Waals surface area (Å²) in [6.07, 6.45) is 1.36. The summed E-state index contributed by atoms with van der Waals surface area (Å²) >= 11 is 0. The van der Waals surface area contributed by atoms with Crippen molar-refractivity contribution in [3.8, 4) is 11.1 Å². The Balaban J connectivity index is 2.14. The SMILES string of the molecule is CC(=O)Nc1ccc(-c2ccnc(S(N)(=O)=O)c2C2=NNNN2)cc1. The van der Waals surface area contributed by atoms with E-state index in [2.05, 4.69) is 31.9 Å². The Morgan fingerprint density at radius 1 is 1.20 bits per heavy atom. The quantitative estimate of drug-likeness (QED) is 0.498. The van der Waals surface area contributed by atoms with Crippen LogP contribution >= 0.6 is 0 Å². The van der Waals surface area contributed by atoms with E-state index in [-0.39, 0.29) is 22.3 Å². The first-order valence-electron chi connectivity index (χ1n) is 7.10. The van der Waals surface area contributed by atoms with Gasteiger partial charge in [-0.05, 0) is 29.3 Å². The van der Waals surface area contributed by atoms with Crippen LogP contribution in [0.2, 0.25) is 0 Å². The fourth-order valence-corrected chi connectivity index (χ4v) is 3.08. The summed E-state index contributed by atoms with van der Waals surface area (Å²) in [7, 11) is -4.07. The number of rotatable bonds is 4. The van der Waals surface area contributed by atoms with Crippen molar-refractivity contribution in [3.63, 3.8) is 0 Å². The maximum Gasteiger partial charge on any atom is 0.256 e. The van der Waals surface area contributed by atoms with E-state index in [9.17, 15) is 13.2 Å². The molecule has 0 saturated carbocycles. The number of carbonyl (C=O) groups is 1. The average Bonchev–Trinajstić information content (AvgIpc) is 3.08. The lowest BCUT2D eigenvalue weighted by molar-refractivity contribution is -0.114. The third-order valence-electron chi connectivity index (χ3n) is 3.34. The van der Waals surface area contributed by atoms with E-state index in [1.54, 1.807) is 30.3 Å². The number of benzene rings is 1. The van der Waals surface area contributed by atoms with Gasteiger partial charge in [0.05, 0.1) is 5.56 Å². The molecule has 2 aromatic rings. The maximum absolute atomic E-state index is 11.9. The van der Waals surface area contributed by atoms with Crippen molar-refractivity contribution < 1.29 is 13.2 Å². The number of nitrogens with two attached hydrogens (primary N) is 1. The number of sulfonamides is 1. The maximum atomic E-state index is 11.9. The molecule has 25 heavy (non-hydrogen) atoms. The van der Waals surface area contributed by atoms with Gasteiger partial charge in [-0.15, -0.1) is 10.6 Å². The third kappa shape index (κ3) is 3.57. The van der Waals surface area contributed by atoms with E-state index in [1.807, 2.05) is 0 Å². The number of amidine groups is 1. The summed E-state index contributed by atoms with van der Waals surface area (Å²) in [6, 6.07) is 8.55. The van der Waals surface area contributed by atoms with Gasteiger partial charge in [-0.1, -0.05) is 12.1 Å². The Bertz CT molecular complexity index is 955. The van der Waals surface area contributed by atoms with Gasteiger partial charge in [0.25, 0.3) is 10.0 Å². The zero-order valence-electron chi connectivity index (χ0n) is 13.1. The molecule has 6 N–H and O–H groups in total. The van der Waals surface area contributed by atoms with Crippen LogP contribution < -0.4 is 27.0 Å². The lowest BCUT2D eigenvalue weighted by Gasteiger charge is -2.13. The molecule has 0 atom stereocenters. The highest BCUT2D eigenvalue weighted by Crippen LogP contribution is 2.28. The first-order chi connectivity index (χ1) is 11.9. The monoisotopic (exact) mass is 361 g/mol. The van der Waals surface area contributed by atoms with Crippen LogP contribution in [0.4, 0.5) is 5.69 Å². The standard InChI is InChI=1S/C14H15N7O3S/c1-8(22)17-10-4-2-9(3-5-10)11-6-7-16-14(25(15,23)24)12(11)13-18-20-21-19-13/h2-7,20-21H,1H3,(H,17,22)(H,18,19)(H2,15,23,24). The predicted molar refractivity (Wildman–Crippen MR) is 91.3 cm³/mol. The van der Waals surface area contributed by atoms with Gasteiger partial charge < -0.3 is 5.32 Å². The van der Waals surface area contributed by atoms with Gasteiger partial charge >= 0.3 is 0 Å². The van der Waals surface area contributed by atoms with Crippen LogP contribution in [0.1, 0.15) is 12.5 Å². The summed E-state index contributed by atoms with van der Waals surface area (Å²) in [5.41, 5.74) is 9.84. The molecule has 11 heteroatoms. The second-order valence-electron chi connectivity index (χ2n) is 5.16. The smallest absolute Gasteiger partial charge is 0.256 e. The Kier molecular flexibility index (Phi) is 4.35. The van der Waals surface area contributed by atoms with E-state index in [1.165, 1.54) is 13.1 Å². The molecule has 130 valence electrons. The van der Waals surface area contributed by atoms with Gasteiger partial charge in [-0.25, -0.2) is 24.1 Å². The predicted octanol–water partition coefficient (Wildman–Crippen LogP) is -0.372. The largest absolute Gasteiger partial charge is 0.326 e. The van der Waals surface area contributed by atoms with E-state index in [4.69, 9.17) is 5.14 Å². The molecule has 0 spiro atoms. The first kappa shape index (κ1) is 16.8. The Labute approximate surface area is 143 Å². The fraction of sp³-hybridized carbons (Fsp3) is 0.0714. The van der Waals surface area contributed by atoms with Crippen molar-refractivity contribution >= 4 is 27.5 Å². The lowest BCUT2D eigenvalue weighted by Crippen LogP contribution is -2.36. The van der Waals surface area contributed by atoms with Gasteiger partial charge in [0.15, 0.2) is 10.9 Å². The molecule has 0 bridgehead atoms. The lowest BCUT2D eigenvalue weighted by atomic mass is 10.0. The average molecular weight is 361 g/mol. The van der Waals surface area contributed by atoms with Crippen LogP contribution in [0.5, 0.6) is 0 Å². The number of hydrazone groups is 1. The number of nitrogens with zero attached hydrogens (tertiary/aromatic N) is 2. The summed E-state index contributed by atoms with van der Waals surface area (Å²) in [6.45, 7) is 1.41. The molecule has 1 aromatic heterocycles. The molecular formula is C14H15N7O3S. The van der Waals surface area contributed by atoms with Crippen LogP contribution in [-0.2, 0) is 14.8 Å². The van der Waals surface area contributed by atoms with E-state index < -0.39 is 10.0 Å². The fourth-order valence-electron chi connectivity index (χ4n) is 2.38. The van der Waals surface area contributed by atoms with Gasteiger partial charge in [0, 0.05) is 18.8 Å². The highest BCUT2D eigenvalue weighted by molar-refractivity contribution is 7.89. The van der Waals surface area contributed by atoms with Gasteiger partial charge in [0.1, 0.15) is 0 Å². The number of nitrogens with one attached hydrogen (secondary N) is 4. The number of hydrogen-bond acceptors (Lipinski definition) is 8. The Morgan fingerprint density at radius 2 is 1.92 bits per heavy atom. The van der Waals surface area contributed by atoms with E-state index in [0.29, 0.717) is 16.8 Å². The van der Waals surface area contributed by atoms with Crippen LogP contribution in [0.3, 0.4) is 0 Å². The molecule has 0 saturated heterocycles. The highest BCUT2D eigenvalue weighted by Gasteiger charge is 2.25. The van der Waals surface area contributed by atoms with Crippen molar-refractivity contribution in [1.29, 1.82) is 0 Å². The number of anilines is 1. The second kappa shape index (κ2) is 6.47. The molecule has 0 fully saturated rings. The molecule has 2 heterocycles. The van der Waals surface area contributed by atoms with Gasteiger partial charge in [-0.3, -0.25) is 10.2 Å². The summed E-state index contributed by atoms with van der Waals surface area (Å²) in [5.74, 6) is 0.0496. The first-order valence-corrected chi connectivity index (χ1v) is 8.65. The minimum Gasteiger partial charge on any atom is -0.326 e. The zero-order valence-corrected chi connectivity index (χ0v) is 13.9. The van der Waals surface area contributed by atoms with Gasteiger partial charge in [-0.2, -0.15) is 0 Å². The summed E-state index contributed by atoms with van der Waals surface area (Å²) in [5, 5.41) is 11.6. The molecule has 10 nitrogen and oxygen atoms in total. The minimum atomic E-state index is -4.07. The van der Waals surface area contributed by atoms with Crippen molar-refractivity contribution in [2.45, 2.75) is 11.9 Å². The summed E-state index contributed by atoms with van der Waals surface area (Å²) in [4.78, 5) is 15.0. The van der Waals surface area contributed by atoms with Crippen molar-refractivity contribution in [2.75, 3.05) is 5.32 Å². The van der Waals surface area contributed by atoms with Crippen LogP contribution in [0, 0.1) is 0 Å². The molecule has 1 aromatic carbocycles. The molecular weight excluding hydrogens is 346 g/mol. The molecule has 1 aliphatic heterocycles. The molecule has 3 rings (SSSR count). The Morgan fingerprint density at radius 3 is 2.48 bits per heavy atom.